The van der Waals surface area contributed by atoms with Gasteiger partial charge in [0.05, 0.1) is 0 Å². The summed E-state index contributed by atoms with van der Waals surface area (Å²) in [5.41, 5.74) is 67.9. The third kappa shape index (κ3) is 12.1. The topological polar surface area (TPSA) is 0 Å². The van der Waals surface area contributed by atoms with Gasteiger partial charge in [0.25, 0.3) is 0 Å². The van der Waals surface area contributed by atoms with Gasteiger partial charge in [-0.3, -0.25) is 0 Å². The maximum atomic E-state index is 2.80. The first kappa shape index (κ1) is 87.9. The zero-order chi connectivity index (χ0) is 98.1. The van der Waals surface area contributed by atoms with E-state index in [1.165, 1.54) is 289 Å². The van der Waals surface area contributed by atoms with E-state index in [1.807, 2.05) is 0 Å². The van der Waals surface area contributed by atoms with Crippen LogP contribution in [0.25, 0.3) is 189 Å². The van der Waals surface area contributed by atoms with Crippen molar-refractivity contribution in [2.24, 2.45) is 11.8 Å². The molecular weight excluding hydrogens is 1720 g/mol. The van der Waals surface area contributed by atoms with Crippen LogP contribution in [0.1, 0.15) is 264 Å². The van der Waals surface area contributed by atoms with Crippen molar-refractivity contribution in [3.05, 3.63) is 440 Å². The van der Waals surface area contributed by atoms with Crippen molar-refractivity contribution in [1.82, 2.24) is 0 Å². The summed E-state index contributed by atoms with van der Waals surface area (Å²) >= 11 is 0. The van der Waals surface area contributed by atoms with Gasteiger partial charge in [0.1, 0.15) is 0 Å². The Morgan fingerprint density at radius 2 is 0.315 bits per heavy atom. The quantitative estimate of drug-likeness (QED) is 0.102. The molecule has 0 aliphatic heterocycles. The van der Waals surface area contributed by atoms with Crippen molar-refractivity contribution in [2.45, 2.75) is 213 Å². The van der Waals surface area contributed by atoms with E-state index in [4.69, 9.17) is 0 Å². The summed E-state index contributed by atoms with van der Waals surface area (Å²) in [6.45, 7) is 49.2. The van der Waals surface area contributed by atoms with Crippen LogP contribution in [0.3, 0.4) is 0 Å². The van der Waals surface area contributed by atoms with Crippen LogP contribution in [-0.4, -0.2) is 0 Å². The van der Waals surface area contributed by atoms with Gasteiger partial charge in [-0.2, -0.15) is 0 Å². The van der Waals surface area contributed by atoms with Crippen LogP contribution >= 0.6 is 0 Å². The van der Waals surface area contributed by atoms with Crippen molar-refractivity contribution in [1.29, 1.82) is 0 Å². The summed E-state index contributed by atoms with van der Waals surface area (Å²) in [5, 5.41) is 0. The van der Waals surface area contributed by atoms with Crippen LogP contribution in [0.2, 0.25) is 0 Å². The van der Waals surface area contributed by atoms with Crippen LogP contribution in [0.5, 0.6) is 0 Å². The molecule has 0 amide bonds. The molecule has 27 rings (SSSR count). The highest BCUT2D eigenvalue weighted by atomic mass is 14.5. The molecule has 0 spiro atoms. The molecule has 0 fully saturated rings. The number of rotatable bonds is 14. The molecule has 0 unspecified atom stereocenters. The van der Waals surface area contributed by atoms with Crippen LogP contribution in [0.4, 0.5) is 0 Å². The van der Waals surface area contributed by atoms with E-state index in [-0.39, 0.29) is 48.7 Å². The van der Waals surface area contributed by atoms with Gasteiger partial charge in [0.15, 0.2) is 0 Å². The minimum atomic E-state index is -0.363. The molecule has 143 heavy (non-hydrogen) atoms. The molecule has 9 aliphatic carbocycles. The minimum Gasteiger partial charge on any atom is -0.0628 e. The van der Waals surface area contributed by atoms with Gasteiger partial charge < -0.3 is 0 Å². The van der Waals surface area contributed by atoms with Crippen molar-refractivity contribution in [2.75, 3.05) is 0 Å². The van der Waals surface area contributed by atoms with Crippen LogP contribution in [0, 0.1) is 11.8 Å². The van der Waals surface area contributed by atoms with E-state index < -0.39 is 0 Å². The minimum absolute atomic E-state index is 0.103. The smallest absolute Gasteiger partial charge is 0.0215 e. The lowest BCUT2D eigenvalue weighted by Crippen LogP contribution is -2.27. The van der Waals surface area contributed by atoms with Crippen molar-refractivity contribution < 1.29 is 0 Å². The Morgan fingerprint density at radius 1 is 0.140 bits per heavy atom. The molecule has 0 N–H and O–H groups in total. The zero-order valence-corrected chi connectivity index (χ0v) is 86.8. The van der Waals surface area contributed by atoms with Gasteiger partial charge >= 0.3 is 0 Å². The average molecular weight is 1840 g/mol. The molecule has 18 aromatic rings. The first-order valence-electron chi connectivity index (χ1n) is 53.1. The van der Waals surface area contributed by atoms with Crippen LogP contribution in [0.15, 0.2) is 340 Å². The molecule has 0 heterocycles. The average Bonchev–Trinajstić information content (AvgIpc) is 1.52. The molecule has 0 saturated heterocycles. The number of hydrogen-bond donors (Lipinski definition) is 0. The molecule has 0 nitrogen and oxygen atoms in total. The highest BCUT2D eigenvalue weighted by molar-refractivity contribution is 6.04. The van der Waals surface area contributed by atoms with Crippen molar-refractivity contribution in [3.63, 3.8) is 0 Å². The molecule has 0 bridgehead atoms. The largest absolute Gasteiger partial charge is 0.0628 e. The lowest BCUT2D eigenvalue weighted by Gasteiger charge is -2.35. The second-order valence-electron chi connectivity index (χ2n) is 49.0. The predicted molar refractivity (Wildman–Crippen MR) is 605 cm³/mol. The van der Waals surface area contributed by atoms with Crippen molar-refractivity contribution in [3.8, 4) is 189 Å². The normalized spacial score (nSPS) is 16.9. The molecule has 0 aromatic heterocycles. The number of benzene rings is 18. The molecule has 0 saturated carbocycles. The highest BCUT2D eigenvalue weighted by Crippen LogP contribution is 2.66. The predicted octanol–water partition coefficient (Wildman–Crippen LogP) is 38.6. The number of hydrogen-bond acceptors (Lipinski definition) is 0. The molecule has 0 radical (unpaired) electrons. The van der Waals surface area contributed by atoms with Gasteiger partial charge in [-0.25, -0.2) is 0 Å². The molecular formula is C143H126. The van der Waals surface area contributed by atoms with Crippen LogP contribution in [-0.2, 0) is 48.7 Å². The Labute approximate surface area is 847 Å². The zero-order valence-electron chi connectivity index (χ0n) is 86.8. The fraction of sp³-hybridized carbons (Fsp3) is 0.245. The van der Waals surface area contributed by atoms with E-state index in [1.54, 1.807) is 0 Å². The van der Waals surface area contributed by atoms with Gasteiger partial charge in [-0.15, -0.1) is 0 Å². The molecule has 0 heteroatoms. The van der Waals surface area contributed by atoms with Gasteiger partial charge in [-0.05, 0) is 400 Å². The lowest BCUT2D eigenvalue weighted by atomic mass is 9.68. The van der Waals surface area contributed by atoms with E-state index in [2.05, 4.69) is 478 Å². The molecule has 18 aromatic carbocycles. The van der Waals surface area contributed by atoms with Gasteiger partial charge in [-0.1, -0.05) is 405 Å². The Bertz CT molecular complexity index is 8180. The highest BCUT2D eigenvalue weighted by Gasteiger charge is 2.50. The monoisotopic (exact) mass is 1840 g/mol. The summed E-state index contributed by atoms with van der Waals surface area (Å²) in [6.07, 6.45) is 4.20. The maximum absolute atomic E-state index is 2.80. The van der Waals surface area contributed by atoms with Gasteiger partial charge in [0.2, 0.25) is 0 Å². The molecule has 698 valence electrons. The first-order valence-corrected chi connectivity index (χ1v) is 53.1. The third-order valence-electron chi connectivity index (χ3n) is 37.6. The summed E-state index contributed by atoms with van der Waals surface area (Å²) in [5.74, 6) is 0.933. The van der Waals surface area contributed by atoms with Crippen molar-refractivity contribution >= 4 is 0 Å². The summed E-state index contributed by atoms with van der Waals surface area (Å²) in [6, 6.07) is 136. The lowest BCUT2D eigenvalue weighted by molar-refractivity contribution is 0.364. The molecule has 9 aliphatic rings. The Morgan fingerprint density at radius 3 is 0.524 bits per heavy atom. The Hall–Kier alpha value is -14.0. The standard InChI is InChI=1S/C143H126/c1-81(2)65-67-143(68-66-82(3)4)129-79-109(89-55-63-101-97-59-51-85(71-123(97)141(17,18)127(101)75-89)93-39-31-47-119-133(93)105-35-23-27-43-115(105)137(119,9)10)107(87-53-61-99-95-57-49-83(69-121(95)139(13,14)125(99)73-87)91-37-29-45-117-131(91)103-33-21-25-41-113(103)135(117,5)6)77-111(129)112-78-108(88-54-62-100-96-58-50-84(70-122(96)140(15,16)126(100)74-88)92-38-30-46-118-132(92)104-34-22-26-42-114(104)136(118,7)8)110(80-130(112)143)90-56-64-102-98-60-52-86(72-124(98)142(19,20)128(102)76-90)94-40-32-48-120-134(94)106-36-24-28-44-116(106)138(120,11)12/h21-64,69-82H,65-68H2,1-20H3. The summed E-state index contributed by atoms with van der Waals surface area (Å²) < 4.78 is 0. The number of fused-ring (bicyclic) bond motifs is 27. The maximum Gasteiger partial charge on any atom is 0.0215 e. The van der Waals surface area contributed by atoms with E-state index in [9.17, 15) is 0 Å². The van der Waals surface area contributed by atoms with E-state index >= 15 is 0 Å². The SMILES string of the molecule is CC(C)CCC1(CCC(C)C)c2cc(-c3ccc4c(c3)C(C)(C)c3cc(-c5cccc6c5-c5ccccc5C6(C)C)ccc3-4)c(-c3ccc4c(c3)C(C)(C)c3cc(-c5cccc6c5-c5ccccc5C6(C)C)ccc3-4)cc2-c2cc(-c3ccc4c(c3)C(C)(C)c3cc(-c5cccc6c5-c5ccccc5C6(C)C)ccc3-4)c(-c3ccc4c(c3)C(C)(C)c3cc(-c5cccc6c5-c5ccccc5C6(C)C)ccc3-4)cc21. The van der Waals surface area contributed by atoms with E-state index in [0.29, 0.717) is 11.8 Å². The summed E-state index contributed by atoms with van der Waals surface area (Å²) in [4.78, 5) is 0. The second kappa shape index (κ2) is 30.1. The summed E-state index contributed by atoms with van der Waals surface area (Å²) in [7, 11) is 0. The molecule has 0 atom stereocenters. The fourth-order valence-electron chi connectivity index (χ4n) is 29.5. The van der Waals surface area contributed by atoms with Gasteiger partial charge in [0, 0.05) is 48.7 Å². The first-order chi connectivity index (χ1) is 68.6. The van der Waals surface area contributed by atoms with Crippen LogP contribution < -0.4 is 0 Å². The third-order valence-corrected chi connectivity index (χ3v) is 37.6. The second-order valence-corrected chi connectivity index (χ2v) is 49.0. The fourth-order valence-corrected chi connectivity index (χ4v) is 29.5. The Kier molecular flexibility index (Phi) is 18.5. The van der Waals surface area contributed by atoms with E-state index in [0.717, 1.165) is 25.7 Å². The Balaban J connectivity index is 0.661.